The normalized spacial score (nSPS) is 15.0. The van der Waals surface area contributed by atoms with Gasteiger partial charge in [-0.1, -0.05) is 17.3 Å². The standard InChI is InChI=1S/C21H20N2O5S/c1-27-16-5-3-4-14(12-16)18-13-19(23-28-18)21(10-11-21)20(24)22-15-6-8-17(9-7-15)29(2,25)26/h3-9,12-13H,10-11H2,1-2H3,(H,22,24). The lowest BCUT2D eigenvalue weighted by molar-refractivity contribution is -0.118. The molecule has 0 aliphatic heterocycles. The molecule has 150 valence electrons. The van der Waals surface area contributed by atoms with E-state index in [9.17, 15) is 13.2 Å². The van der Waals surface area contributed by atoms with Crippen LogP contribution in [0.2, 0.25) is 0 Å². The monoisotopic (exact) mass is 412 g/mol. The zero-order chi connectivity index (χ0) is 20.6. The number of nitrogens with one attached hydrogen (secondary N) is 1. The number of nitrogens with zero attached hydrogens (tertiary/aromatic N) is 1. The first kappa shape index (κ1) is 19.2. The molecular formula is C21H20N2O5S. The van der Waals surface area contributed by atoms with Crippen molar-refractivity contribution in [3.63, 3.8) is 0 Å². The van der Waals surface area contributed by atoms with Crippen LogP contribution in [0.1, 0.15) is 18.5 Å². The van der Waals surface area contributed by atoms with Gasteiger partial charge in [-0.15, -0.1) is 0 Å². The molecule has 3 aromatic rings. The first-order chi connectivity index (χ1) is 13.8. The van der Waals surface area contributed by atoms with Crippen LogP contribution in [0.15, 0.2) is 64.0 Å². The van der Waals surface area contributed by atoms with Crippen molar-refractivity contribution < 1.29 is 22.5 Å². The van der Waals surface area contributed by atoms with E-state index in [1.165, 1.54) is 12.1 Å². The molecular weight excluding hydrogens is 392 g/mol. The molecule has 1 aromatic heterocycles. The maximum atomic E-state index is 12.9. The van der Waals surface area contributed by atoms with Gasteiger partial charge >= 0.3 is 0 Å². The van der Waals surface area contributed by atoms with Gasteiger partial charge in [-0.2, -0.15) is 0 Å². The smallest absolute Gasteiger partial charge is 0.236 e. The number of hydrogen-bond acceptors (Lipinski definition) is 6. The first-order valence-electron chi connectivity index (χ1n) is 9.05. The third-order valence-corrected chi connectivity index (χ3v) is 6.21. The molecule has 1 aliphatic rings. The van der Waals surface area contributed by atoms with Gasteiger partial charge in [-0.3, -0.25) is 4.79 Å². The molecule has 7 nitrogen and oxygen atoms in total. The third-order valence-electron chi connectivity index (χ3n) is 5.08. The molecule has 2 aromatic carbocycles. The van der Waals surface area contributed by atoms with E-state index in [0.29, 0.717) is 35.7 Å². The predicted octanol–water partition coefficient (Wildman–Crippen LogP) is 3.42. The van der Waals surface area contributed by atoms with Crippen molar-refractivity contribution in [1.82, 2.24) is 5.16 Å². The van der Waals surface area contributed by atoms with Crippen molar-refractivity contribution in [1.29, 1.82) is 0 Å². The van der Waals surface area contributed by atoms with Gasteiger partial charge in [0.15, 0.2) is 15.6 Å². The van der Waals surface area contributed by atoms with Crippen LogP contribution in [0.3, 0.4) is 0 Å². The van der Waals surface area contributed by atoms with E-state index in [1.54, 1.807) is 25.3 Å². The minimum atomic E-state index is -3.28. The molecule has 0 unspecified atom stereocenters. The number of ether oxygens (including phenoxy) is 1. The Bertz CT molecular complexity index is 1160. The highest BCUT2D eigenvalue weighted by atomic mass is 32.2. The summed E-state index contributed by atoms with van der Waals surface area (Å²) >= 11 is 0. The van der Waals surface area contributed by atoms with Crippen molar-refractivity contribution >= 4 is 21.4 Å². The number of carbonyl (C=O) groups excluding carboxylic acids is 1. The Morgan fingerprint density at radius 2 is 1.86 bits per heavy atom. The van der Waals surface area contributed by atoms with Gasteiger partial charge in [-0.25, -0.2) is 8.42 Å². The number of benzene rings is 2. The predicted molar refractivity (Wildman–Crippen MR) is 108 cm³/mol. The van der Waals surface area contributed by atoms with Gasteiger partial charge in [0.05, 0.1) is 23.1 Å². The summed E-state index contributed by atoms with van der Waals surface area (Å²) in [6.07, 6.45) is 2.49. The number of sulfone groups is 1. The molecule has 1 amide bonds. The summed E-state index contributed by atoms with van der Waals surface area (Å²) in [5.41, 5.74) is 1.21. The Labute approximate surface area is 168 Å². The number of aromatic nitrogens is 1. The minimum absolute atomic E-state index is 0.185. The molecule has 0 saturated heterocycles. The maximum absolute atomic E-state index is 12.9. The molecule has 1 heterocycles. The van der Waals surface area contributed by atoms with Gasteiger partial charge in [0, 0.05) is 23.6 Å². The molecule has 1 fully saturated rings. The highest BCUT2D eigenvalue weighted by Crippen LogP contribution is 2.49. The summed E-state index contributed by atoms with van der Waals surface area (Å²) in [7, 11) is -1.69. The fourth-order valence-electron chi connectivity index (χ4n) is 3.17. The first-order valence-corrected chi connectivity index (χ1v) is 10.9. The molecule has 0 radical (unpaired) electrons. The van der Waals surface area contributed by atoms with Crippen LogP contribution < -0.4 is 10.1 Å². The topological polar surface area (TPSA) is 98.5 Å². The van der Waals surface area contributed by atoms with Crippen LogP contribution in [-0.2, 0) is 20.0 Å². The number of rotatable bonds is 6. The van der Waals surface area contributed by atoms with E-state index < -0.39 is 15.3 Å². The van der Waals surface area contributed by atoms with E-state index in [-0.39, 0.29) is 10.8 Å². The average Bonchev–Trinajstić information content (AvgIpc) is 3.37. The largest absolute Gasteiger partial charge is 0.497 e. The van der Waals surface area contributed by atoms with Crippen molar-refractivity contribution in [2.45, 2.75) is 23.2 Å². The molecule has 0 atom stereocenters. The second-order valence-corrected chi connectivity index (χ2v) is 9.16. The second kappa shape index (κ2) is 7.04. The maximum Gasteiger partial charge on any atom is 0.236 e. The molecule has 1 saturated carbocycles. The quantitative estimate of drug-likeness (QED) is 0.666. The molecule has 8 heteroatoms. The Hall–Kier alpha value is -3.13. The third kappa shape index (κ3) is 3.75. The van der Waals surface area contributed by atoms with Crippen LogP contribution in [0.25, 0.3) is 11.3 Å². The van der Waals surface area contributed by atoms with Gasteiger partial charge in [0.25, 0.3) is 0 Å². The van der Waals surface area contributed by atoms with Crippen LogP contribution in [0.5, 0.6) is 5.75 Å². The van der Waals surface area contributed by atoms with E-state index in [0.717, 1.165) is 11.8 Å². The minimum Gasteiger partial charge on any atom is -0.497 e. The number of hydrogen-bond donors (Lipinski definition) is 1. The lowest BCUT2D eigenvalue weighted by atomic mass is 10.00. The highest BCUT2D eigenvalue weighted by molar-refractivity contribution is 7.90. The fraction of sp³-hybridized carbons (Fsp3) is 0.238. The lowest BCUT2D eigenvalue weighted by Gasteiger charge is -2.12. The summed E-state index contributed by atoms with van der Waals surface area (Å²) in [5.74, 6) is 1.09. The lowest BCUT2D eigenvalue weighted by Crippen LogP contribution is -2.28. The summed E-state index contributed by atoms with van der Waals surface area (Å²) < 4.78 is 33.8. The number of amides is 1. The average molecular weight is 412 g/mol. The Balaban J connectivity index is 1.53. The zero-order valence-electron chi connectivity index (χ0n) is 16.0. The molecule has 29 heavy (non-hydrogen) atoms. The van der Waals surface area contributed by atoms with Gasteiger partial charge in [0.1, 0.15) is 5.75 Å². The SMILES string of the molecule is COc1cccc(-c2cc(C3(C(=O)Nc4ccc(S(C)(=O)=O)cc4)CC3)no2)c1. The molecule has 1 aliphatic carbocycles. The Kier molecular flexibility index (Phi) is 4.66. The van der Waals surface area contributed by atoms with Crippen molar-refractivity contribution in [2.24, 2.45) is 0 Å². The van der Waals surface area contributed by atoms with E-state index in [4.69, 9.17) is 9.26 Å². The van der Waals surface area contributed by atoms with E-state index in [1.807, 2.05) is 24.3 Å². The molecule has 0 spiro atoms. The van der Waals surface area contributed by atoms with Crippen LogP contribution in [0, 0.1) is 0 Å². The van der Waals surface area contributed by atoms with Crippen molar-refractivity contribution in [3.8, 4) is 17.1 Å². The molecule has 1 N–H and O–H groups in total. The second-order valence-electron chi connectivity index (χ2n) is 7.14. The highest BCUT2D eigenvalue weighted by Gasteiger charge is 2.53. The van der Waals surface area contributed by atoms with Gasteiger partial charge in [0.2, 0.25) is 5.91 Å². The Morgan fingerprint density at radius 1 is 1.14 bits per heavy atom. The van der Waals surface area contributed by atoms with Crippen LogP contribution >= 0.6 is 0 Å². The van der Waals surface area contributed by atoms with Gasteiger partial charge in [-0.05, 0) is 49.2 Å². The van der Waals surface area contributed by atoms with Crippen molar-refractivity contribution in [2.75, 3.05) is 18.7 Å². The number of anilines is 1. The van der Waals surface area contributed by atoms with Crippen molar-refractivity contribution in [3.05, 3.63) is 60.3 Å². The number of carbonyl (C=O) groups is 1. The summed E-state index contributed by atoms with van der Waals surface area (Å²) in [5, 5.41) is 6.99. The summed E-state index contributed by atoms with van der Waals surface area (Å²) in [6.45, 7) is 0. The summed E-state index contributed by atoms with van der Waals surface area (Å²) in [4.78, 5) is 13.1. The van der Waals surface area contributed by atoms with E-state index in [2.05, 4.69) is 10.5 Å². The van der Waals surface area contributed by atoms with Gasteiger partial charge < -0.3 is 14.6 Å². The van der Waals surface area contributed by atoms with Crippen LogP contribution in [-0.4, -0.2) is 32.8 Å². The summed E-state index contributed by atoms with van der Waals surface area (Å²) in [6, 6.07) is 15.3. The molecule has 4 rings (SSSR count). The Morgan fingerprint density at radius 3 is 2.48 bits per heavy atom. The van der Waals surface area contributed by atoms with E-state index >= 15 is 0 Å². The molecule has 0 bridgehead atoms. The van der Waals surface area contributed by atoms with Crippen LogP contribution in [0.4, 0.5) is 5.69 Å². The number of methoxy groups -OCH3 is 1. The zero-order valence-corrected chi connectivity index (χ0v) is 16.8. The fourth-order valence-corrected chi connectivity index (χ4v) is 3.80.